The summed E-state index contributed by atoms with van der Waals surface area (Å²) >= 11 is 0. The Balaban J connectivity index is 2.04. The van der Waals surface area contributed by atoms with Gasteiger partial charge in [0, 0.05) is 13.1 Å². The number of carbonyl (C=O) groups excluding carboxylic acids is 2. The lowest BCUT2D eigenvalue weighted by molar-refractivity contribution is -0.139. The predicted molar refractivity (Wildman–Crippen MR) is 151 cm³/mol. The van der Waals surface area contributed by atoms with Crippen molar-refractivity contribution < 1.29 is 18.0 Å². The molecule has 0 bridgehead atoms. The molecule has 0 heterocycles. The van der Waals surface area contributed by atoms with Crippen LogP contribution in [0.15, 0.2) is 77.7 Å². The van der Waals surface area contributed by atoms with E-state index < -0.39 is 28.5 Å². The second kappa shape index (κ2) is 12.7. The molecule has 3 aromatic rings. The fourth-order valence-corrected chi connectivity index (χ4v) is 5.62. The topological polar surface area (TPSA) is 86.8 Å². The summed E-state index contributed by atoms with van der Waals surface area (Å²) in [6.45, 7) is 9.49. The molecule has 0 fully saturated rings. The molecule has 1 unspecified atom stereocenters. The number of rotatable bonds is 11. The number of benzene rings is 3. The van der Waals surface area contributed by atoms with Crippen LogP contribution in [0.3, 0.4) is 0 Å². The minimum absolute atomic E-state index is 0.0957. The monoisotopic (exact) mass is 535 g/mol. The van der Waals surface area contributed by atoms with E-state index in [4.69, 9.17) is 0 Å². The Morgan fingerprint density at radius 2 is 1.47 bits per heavy atom. The van der Waals surface area contributed by atoms with Crippen LogP contribution in [0.4, 0.5) is 5.69 Å². The van der Waals surface area contributed by atoms with E-state index in [2.05, 4.69) is 5.32 Å². The first-order valence-electron chi connectivity index (χ1n) is 12.8. The van der Waals surface area contributed by atoms with Gasteiger partial charge in [-0.1, -0.05) is 61.0 Å². The Bertz CT molecular complexity index is 1340. The van der Waals surface area contributed by atoms with Crippen LogP contribution in [0.1, 0.15) is 42.5 Å². The zero-order valence-electron chi connectivity index (χ0n) is 22.8. The lowest BCUT2D eigenvalue weighted by atomic mass is 10.1. The summed E-state index contributed by atoms with van der Waals surface area (Å²) < 4.78 is 29.0. The number of nitrogens with one attached hydrogen (secondary N) is 1. The summed E-state index contributed by atoms with van der Waals surface area (Å²) in [5, 5.41) is 2.85. The molecule has 3 rings (SSSR count). The van der Waals surface area contributed by atoms with Crippen molar-refractivity contribution in [2.24, 2.45) is 0 Å². The van der Waals surface area contributed by atoms with Gasteiger partial charge in [-0.3, -0.25) is 13.9 Å². The van der Waals surface area contributed by atoms with Gasteiger partial charge < -0.3 is 10.2 Å². The van der Waals surface area contributed by atoms with Crippen molar-refractivity contribution in [2.75, 3.05) is 17.4 Å². The van der Waals surface area contributed by atoms with Crippen molar-refractivity contribution in [1.29, 1.82) is 0 Å². The number of aryl methyl sites for hydroxylation is 3. The summed E-state index contributed by atoms with van der Waals surface area (Å²) in [6, 6.07) is 20.6. The maximum Gasteiger partial charge on any atom is 0.264 e. The highest BCUT2D eigenvalue weighted by Crippen LogP contribution is 2.27. The fourth-order valence-electron chi connectivity index (χ4n) is 4.22. The number of hydrogen-bond donors (Lipinski definition) is 1. The SMILES string of the molecule is CCCNC(=O)C(C)N(Cc1ccccc1)C(=O)CN(c1cc(C)cc(C)c1)S(=O)(=O)c1ccc(C)cc1. The number of nitrogens with zero attached hydrogens (tertiary/aromatic N) is 2. The van der Waals surface area contributed by atoms with Gasteiger partial charge in [0.15, 0.2) is 0 Å². The highest BCUT2D eigenvalue weighted by atomic mass is 32.2. The summed E-state index contributed by atoms with van der Waals surface area (Å²) in [7, 11) is -4.08. The minimum atomic E-state index is -4.08. The van der Waals surface area contributed by atoms with Crippen LogP contribution in [-0.2, 0) is 26.2 Å². The van der Waals surface area contributed by atoms with Crippen LogP contribution in [0.2, 0.25) is 0 Å². The molecule has 38 heavy (non-hydrogen) atoms. The van der Waals surface area contributed by atoms with E-state index in [1.165, 1.54) is 4.90 Å². The molecule has 0 aliphatic carbocycles. The van der Waals surface area contributed by atoms with Crippen molar-refractivity contribution in [1.82, 2.24) is 10.2 Å². The zero-order chi connectivity index (χ0) is 27.9. The number of amides is 2. The molecule has 0 aromatic heterocycles. The summed E-state index contributed by atoms with van der Waals surface area (Å²) in [6.07, 6.45) is 0.764. The van der Waals surface area contributed by atoms with E-state index in [9.17, 15) is 18.0 Å². The molecular weight excluding hydrogens is 498 g/mol. The Kier molecular flexibility index (Phi) is 9.69. The van der Waals surface area contributed by atoms with E-state index in [1.54, 1.807) is 43.3 Å². The Labute approximate surface area is 226 Å². The van der Waals surface area contributed by atoms with Gasteiger partial charge in [-0.2, -0.15) is 0 Å². The molecule has 0 saturated heterocycles. The van der Waals surface area contributed by atoms with Gasteiger partial charge in [0.05, 0.1) is 10.6 Å². The van der Waals surface area contributed by atoms with Crippen molar-refractivity contribution in [3.63, 3.8) is 0 Å². The molecule has 0 spiro atoms. The van der Waals surface area contributed by atoms with E-state index in [-0.39, 0.29) is 17.3 Å². The molecule has 202 valence electrons. The third kappa shape index (κ3) is 7.22. The molecule has 0 radical (unpaired) electrons. The number of hydrogen-bond acceptors (Lipinski definition) is 4. The smallest absolute Gasteiger partial charge is 0.264 e. The second-order valence-corrected chi connectivity index (χ2v) is 11.5. The van der Waals surface area contributed by atoms with Gasteiger partial charge >= 0.3 is 0 Å². The third-order valence-electron chi connectivity index (χ3n) is 6.29. The van der Waals surface area contributed by atoms with Crippen LogP contribution in [0.25, 0.3) is 0 Å². The molecule has 0 aliphatic heterocycles. The van der Waals surface area contributed by atoms with E-state index in [1.807, 2.05) is 64.1 Å². The summed E-state index contributed by atoms with van der Waals surface area (Å²) in [5.74, 6) is -0.752. The Hall–Kier alpha value is -3.65. The van der Waals surface area contributed by atoms with E-state index >= 15 is 0 Å². The zero-order valence-corrected chi connectivity index (χ0v) is 23.6. The van der Waals surface area contributed by atoms with Gasteiger partial charge in [-0.15, -0.1) is 0 Å². The average Bonchev–Trinajstić information content (AvgIpc) is 2.88. The van der Waals surface area contributed by atoms with Crippen LogP contribution in [0, 0.1) is 20.8 Å². The van der Waals surface area contributed by atoms with Crippen LogP contribution in [0.5, 0.6) is 0 Å². The van der Waals surface area contributed by atoms with Crippen LogP contribution < -0.4 is 9.62 Å². The minimum Gasteiger partial charge on any atom is -0.354 e. The lowest BCUT2D eigenvalue weighted by Gasteiger charge is -2.32. The third-order valence-corrected chi connectivity index (χ3v) is 8.08. The molecule has 7 nitrogen and oxygen atoms in total. The Morgan fingerprint density at radius 1 is 0.868 bits per heavy atom. The molecule has 1 N–H and O–H groups in total. The highest BCUT2D eigenvalue weighted by molar-refractivity contribution is 7.92. The quantitative estimate of drug-likeness (QED) is 0.384. The fraction of sp³-hybridized carbons (Fsp3) is 0.333. The number of carbonyl (C=O) groups is 2. The molecule has 1 atom stereocenters. The first kappa shape index (κ1) is 28.9. The predicted octanol–water partition coefficient (Wildman–Crippen LogP) is 4.75. The number of sulfonamides is 1. The van der Waals surface area contributed by atoms with Crippen molar-refractivity contribution in [2.45, 2.75) is 58.5 Å². The van der Waals surface area contributed by atoms with Gasteiger partial charge in [-0.05, 0) is 75.1 Å². The molecule has 0 aliphatic rings. The maximum atomic E-state index is 13.9. The van der Waals surface area contributed by atoms with Gasteiger partial charge in [0.2, 0.25) is 11.8 Å². The van der Waals surface area contributed by atoms with Crippen molar-refractivity contribution in [3.8, 4) is 0 Å². The molecular formula is C30H37N3O4S. The van der Waals surface area contributed by atoms with E-state index in [0.29, 0.717) is 12.2 Å². The van der Waals surface area contributed by atoms with Crippen molar-refractivity contribution in [3.05, 3.63) is 95.1 Å². The molecule has 0 saturated carbocycles. The van der Waals surface area contributed by atoms with Gasteiger partial charge in [0.25, 0.3) is 10.0 Å². The van der Waals surface area contributed by atoms with Crippen molar-refractivity contribution >= 4 is 27.5 Å². The molecule has 8 heteroatoms. The van der Waals surface area contributed by atoms with Gasteiger partial charge in [-0.25, -0.2) is 8.42 Å². The highest BCUT2D eigenvalue weighted by Gasteiger charge is 2.32. The standard InChI is InChI=1S/C30H37N3O4S/c1-6-16-31-30(35)25(5)32(20-26-10-8-7-9-11-26)29(34)21-33(27-18-23(3)17-24(4)19-27)38(36,37)28-14-12-22(2)13-15-28/h7-15,17-19,25H,6,16,20-21H2,1-5H3,(H,31,35). The molecule has 3 aromatic carbocycles. The summed E-state index contributed by atoms with van der Waals surface area (Å²) in [4.78, 5) is 28.3. The second-order valence-electron chi connectivity index (χ2n) is 9.64. The van der Waals surface area contributed by atoms with E-state index in [0.717, 1.165) is 33.0 Å². The Morgan fingerprint density at radius 3 is 2.05 bits per heavy atom. The largest absolute Gasteiger partial charge is 0.354 e. The first-order chi connectivity index (χ1) is 18.0. The van der Waals surface area contributed by atoms with Gasteiger partial charge in [0.1, 0.15) is 12.6 Å². The van der Waals surface area contributed by atoms with Crippen LogP contribution >= 0.6 is 0 Å². The first-order valence-corrected chi connectivity index (χ1v) is 14.3. The molecule has 2 amide bonds. The average molecular weight is 536 g/mol. The normalized spacial score (nSPS) is 12.0. The van der Waals surface area contributed by atoms with Crippen LogP contribution in [-0.4, -0.2) is 44.3 Å². The number of anilines is 1. The summed E-state index contributed by atoms with van der Waals surface area (Å²) in [5.41, 5.74) is 3.93. The lowest BCUT2D eigenvalue weighted by Crippen LogP contribution is -2.51. The maximum absolute atomic E-state index is 13.9.